The average molecular weight is 441 g/mol. The maximum Gasteiger partial charge on any atom is 0.193 e. The molecule has 2 aliphatic heterocycles. The van der Waals surface area contributed by atoms with Gasteiger partial charge in [-0.2, -0.15) is 0 Å². The van der Waals surface area contributed by atoms with Crippen LogP contribution in [0.15, 0.2) is 47.6 Å². The SMILES string of the molecule is CN=C(NCc1ccnc(N2CCN(c3ccc(F)cc3)CC2)c1)N(C)CC1CCOC1. The molecule has 2 aromatic rings. The summed E-state index contributed by atoms with van der Waals surface area (Å²) in [5.41, 5.74) is 2.24. The minimum Gasteiger partial charge on any atom is -0.381 e. The summed E-state index contributed by atoms with van der Waals surface area (Å²) >= 11 is 0. The van der Waals surface area contributed by atoms with Gasteiger partial charge in [-0.15, -0.1) is 0 Å². The first-order chi connectivity index (χ1) is 15.6. The largest absolute Gasteiger partial charge is 0.381 e. The van der Waals surface area contributed by atoms with E-state index in [9.17, 15) is 4.39 Å². The van der Waals surface area contributed by atoms with Crippen LogP contribution in [0.2, 0.25) is 0 Å². The number of aromatic nitrogens is 1. The molecule has 0 aliphatic carbocycles. The Balaban J connectivity index is 1.30. The van der Waals surface area contributed by atoms with Gasteiger partial charge in [0, 0.05) is 77.8 Å². The van der Waals surface area contributed by atoms with Gasteiger partial charge in [0.1, 0.15) is 11.6 Å². The Labute approximate surface area is 189 Å². The molecule has 4 rings (SSSR count). The van der Waals surface area contributed by atoms with E-state index < -0.39 is 0 Å². The van der Waals surface area contributed by atoms with Gasteiger partial charge in [-0.25, -0.2) is 9.37 Å². The van der Waals surface area contributed by atoms with Crippen molar-refractivity contribution in [2.24, 2.45) is 10.9 Å². The summed E-state index contributed by atoms with van der Waals surface area (Å²) in [5, 5.41) is 3.47. The summed E-state index contributed by atoms with van der Waals surface area (Å²) in [6.45, 7) is 6.88. The second-order valence-electron chi connectivity index (χ2n) is 8.48. The number of hydrogen-bond acceptors (Lipinski definition) is 5. The maximum absolute atomic E-state index is 13.2. The summed E-state index contributed by atoms with van der Waals surface area (Å²) in [7, 11) is 3.90. The zero-order valence-electron chi connectivity index (χ0n) is 19.0. The number of aliphatic imine (C=N–C) groups is 1. The third kappa shape index (κ3) is 5.68. The van der Waals surface area contributed by atoms with Crippen LogP contribution in [-0.4, -0.2) is 75.9 Å². The van der Waals surface area contributed by atoms with Crippen molar-refractivity contribution in [1.82, 2.24) is 15.2 Å². The van der Waals surface area contributed by atoms with E-state index in [0.717, 1.165) is 69.8 Å². The van der Waals surface area contributed by atoms with Gasteiger partial charge in [0.25, 0.3) is 0 Å². The Bertz CT molecular complexity index is 892. The molecule has 32 heavy (non-hydrogen) atoms. The van der Waals surface area contributed by atoms with Crippen LogP contribution in [0.3, 0.4) is 0 Å². The van der Waals surface area contributed by atoms with Gasteiger partial charge in [0.2, 0.25) is 0 Å². The van der Waals surface area contributed by atoms with Crippen LogP contribution in [0.25, 0.3) is 0 Å². The highest BCUT2D eigenvalue weighted by molar-refractivity contribution is 5.79. The molecule has 2 aliphatic rings. The van der Waals surface area contributed by atoms with Crippen molar-refractivity contribution in [2.75, 3.05) is 69.8 Å². The molecule has 2 saturated heterocycles. The first kappa shape index (κ1) is 22.3. The average Bonchev–Trinajstić information content (AvgIpc) is 3.33. The summed E-state index contributed by atoms with van der Waals surface area (Å²) < 4.78 is 18.7. The van der Waals surface area contributed by atoms with Crippen LogP contribution in [0.1, 0.15) is 12.0 Å². The smallest absolute Gasteiger partial charge is 0.193 e. The highest BCUT2D eigenvalue weighted by atomic mass is 19.1. The number of rotatable bonds is 6. The summed E-state index contributed by atoms with van der Waals surface area (Å²) in [4.78, 5) is 15.8. The standard InChI is InChI=1S/C24H33FN6O/c1-26-24(29(2)17-20-8-14-32-18-20)28-16-19-7-9-27-23(15-19)31-12-10-30(11-13-31)22-5-3-21(25)4-6-22/h3-7,9,15,20H,8,10-14,16-18H2,1-2H3,(H,26,28). The van der Waals surface area contributed by atoms with Crippen molar-refractivity contribution in [2.45, 2.75) is 13.0 Å². The van der Waals surface area contributed by atoms with Crippen molar-refractivity contribution in [3.8, 4) is 0 Å². The Kier molecular flexibility index (Phi) is 7.42. The molecule has 1 aromatic carbocycles. The molecule has 1 unspecified atom stereocenters. The van der Waals surface area contributed by atoms with Gasteiger partial charge in [-0.3, -0.25) is 4.99 Å². The van der Waals surface area contributed by atoms with E-state index in [-0.39, 0.29) is 5.82 Å². The fourth-order valence-corrected chi connectivity index (χ4v) is 4.36. The number of piperazine rings is 1. The van der Waals surface area contributed by atoms with Gasteiger partial charge < -0.3 is 24.8 Å². The number of pyridine rings is 1. The number of nitrogens with one attached hydrogen (secondary N) is 1. The number of anilines is 2. The molecule has 1 aromatic heterocycles. The van der Waals surface area contributed by atoms with Crippen LogP contribution in [0.5, 0.6) is 0 Å². The predicted octanol–water partition coefficient (Wildman–Crippen LogP) is 2.59. The quantitative estimate of drug-likeness (QED) is 0.551. The zero-order chi connectivity index (χ0) is 22.3. The Hall–Kier alpha value is -2.87. The monoisotopic (exact) mass is 440 g/mol. The van der Waals surface area contributed by atoms with E-state index in [0.29, 0.717) is 12.5 Å². The fraction of sp³-hybridized carbons (Fsp3) is 0.500. The Morgan fingerprint density at radius 1 is 1.19 bits per heavy atom. The molecular formula is C24H33FN6O. The highest BCUT2D eigenvalue weighted by Gasteiger charge is 2.20. The first-order valence-electron chi connectivity index (χ1n) is 11.3. The third-order valence-electron chi connectivity index (χ3n) is 6.19. The van der Waals surface area contributed by atoms with E-state index in [2.05, 4.69) is 43.1 Å². The van der Waals surface area contributed by atoms with Gasteiger partial charge in [0.05, 0.1) is 6.61 Å². The number of nitrogens with zero attached hydrogens (tertiary/aromatic N) is 5. The van der Waals surface area contributed by atoms with E-state index >= 15 is 0 Å². The van der Waals surface area contributed by atoms with Gasteiger partial charge in [-0.05, 0) is 48.4 Å². The highest BCUT2D eigenvalue weighted by Crippen LogP contribution is 2.20. The molecule has 1 atom stereocenters. The van der Waals surface area contributed by atoms with Crippen LogP contribution < -0.4 is 15.1 Å². The maximum atomic E-state index is 13.2. The molecule has 0 saturated carbocycles. The number of halogens is 1. The zero-order valence-corrected chi connectivity index (χ0v) is 19.0. The molecule has 0 bridgehead atoms. The Morgan fingerprint density at radius 2 is 1.94 bits per heavy atom. The van der Waals surface area contributed by atoms with Crippen molar-refractivity contribution in [3.05, 3.63) is 54.0 Å². The molecule has 7 nitrogen and oxygen atoms in total. The van der Waals surface area contributed by atoms with Crippen LogP contribution in [0.4, 0.5) is 15.9 Å². The molecule has 3 heterocycles. The molecule has 172 valence electrons. The lowest BCUT2D eigenvalue weighted by atomic mass is 10.1. The van der Waals surface area contributed by atoms with Gasteiger partial charge in [0.15, 0.2) is 5.96 Å². The van der Waals surface area contributed by atoms with Crippen molar-refractivity contribution in [3.63, 3.8) is 0 Å². The van der Waals surface area contributed by atoms with Crippen molar-refractivity contribution < 1.29 is 9.13 Å². The number of guanidine groups is 1. The fourth-order valence-electron chi connectivity index (χ4n) is 4.36. The lowest BCUT2D eigenvalue weighted by Crippen LogP contribution is -2.46. The second kappa shape index (κ2) is 10.6. The van der Waals surface area contributed by atoms with E-state index in [1.54, 1.807) is 0 Å². The number of ether oxygens (including phenoxy) is 1. The van der Waals surface area contributed by atoms with Gasteiger partial charge in [-0.1, -0.05) is 0 Å². The number of hydrogen-bond donors (Lipinski definition) is 1. The topological polar surface area (TPSA) is 56.2 Å². The normalized spacial score (nSPS) is 19.3. The molecule has 1 N–H and O–H groups in total. The lowest BCUT2D eigenvalue weighted by Gasteiger charge is -2.36. The lowest BCUT2D eigenvalue weighted by molar-refractivity contribution is 0.181. The van der Waals surface area contributed by atoms with Crippen LogP contribution in [-0.2, 0) is 11.3 Å². The van der Waals surface area contributed by atoms with Crippen molar-refractivity contribution >= 4 is 17.5 Å². The molecular weight excluding hydrogens is 407 g/mol. The summed E-state index contributed by atoms with van der Waals surface area (Å²) in [6, 6.07) is 10.9. The number of benzene rings is 1. The minimum atomic E-state index is -0.197. The molecule has 0 spiro atoms. The molecule has 0 amide bonds. The van der Waals surface area contributed by atoms with E-state index in [1.165, 1.54) is 17.7 Å². The Morgan fingerprint density at radius 3 is 2.62 bits per heavy atom. The molecule has 2 fully saturated rings. The van der Waals surface area contributed by atoms with E-state index in [4.69, 9.17) is 4.74 Å². The van der Waals surface area contributed by atoms with Crippen LogP contribution in [0, 0.1) is 11.7 Å². The van der Waals surface area contributed by atoms with E-state index in [1.807, 2.05) is 31.4 Å². The molecule has 8 heteroatoms. The minimum absolute atomic E-state index is 0.197. The summed E-state index contributed by atoms with van der Waals surface area (Å²) in [6.07, 6.45) is 2.99. The predicted molar refractivity (Wildman–Crippen MR) is 127 cm³/mol. The summed E-state index contributed by atoms with van der Waals surface area (Å²) in [5.74, 6) is 2.26. The molecule has 0 radical (unpaired) electrons. The van der Waals surface area contributed by atoms with Crippen molar-refractivity contribution in [1.29, 1.82) is 0 Å². The van der Waals surface area contributed by atoms with Gasteiger partial charge >= 0.3 is 0 Å². The third-order valence-corrected chi connectivity index (χ3v) is 6.19. The second-order valence-corrected chi connectivity index (χ2v) is 8.48. The first-order valence-corrected chi connectivity index (χ1v) is 11.3. The van der Waals surface area contributed by atoms with Crippen LogP contribution >= 0.6 is 0 Å².